The number of nitrogens with two attached hydrogens (primary N) is 1. The Balaban J connectivity index is 3.22. The molecule has 0 spiro atoms. The molecule has 0 atom stereocenters. The van der Waals surface area contributed by atoms with Gasteiger partial charge in [0.15, 0.2) is 5.76 Å². The maximum atomic E-state index is 11.9. The minimum atomic E-state index is -4.50. The molecule has 3 N–H and O–H groups in total. The normalized spacial score (nSPS) is 16.8. The van der Waals surface area contributed by atoms with Crippen LogP contribution in [0.5, 0.6) is 0 Å². The van der Waals surface area contributed by atoms with Gasteiger partial charge in [-0.15, -0.1) is 0 Å². The monoisotopic (exact) mass is 175 g/mol. The maximum Gasteiger partial charge on any atom is 0.424 e. The molecule has 0 aromatic carbocycles. The predicted molar refractivity (Wildman–Crippen MR) is 35.0 cm³/mol. The summed E-state index contributed by atoms with van der Waals surface area (Å²) in [5.74, 6) is -0.525. The molecule has 0 aromatic rings. The van der Waals surface area contributed by atoms with Crippen LogP contribution in [0.3, 0.4) is 0 Å². The Morgan fingerprint density at radius 3 is 2.33 bits per heavy atom. The van der Waals surface area contributed by atoms with Crippen molar-refractivity contribution in [1.29, 1.82) is 0 Å². The van der Waals surface area contributed by atoms with Gasteiger partial charge in [-0.05, 0) is 11.8 Å². The smallest absolute Gasteiger partial charge is 0.424 e. The van der Waals surface area contributed by atoms with Crippen molar-refractivity contribution in [2.45, 2.75) is 6.18 Å². The molecule has 12 heavy (non-hydrogen) atoms. The second-order valence-corrected chi connectivity index (χ2v) is 2.11. The first kappa shape index (κ1) is 8.53. The predicted octanol–water partition coefficient (Wildman–Crippen LogP) is 1.53. The average Bonchev–Trinajstić information content (AvgIpc) is 1.92. The van der Waals surface area contributed by atoms with E-state index in [1.807, 2.05) is 5.73 Å². The van der Waals surface area contributed by atoms with Gasteiger partial charge in [0.1, 0.15) is 5.57 Å². The number of allylic oxidation sites excluding steroid dienone is 2. The molecule has 5 heteroatoms. The lowest BCUT2D eigenvalue weighted by molar-refractivity contribution is -0.0881. The van der Waals surface area contributed by atoms with Crippen molar-refractivity contribution in [3.8, 4) is 0 Å². The fourth-order valence-electron chi connectivity index (χ4n) is 0.611. The fourth-order valence-corrected chi connectivity index (χ4v) is 0.611. The van der Waals surface area contributed by atoms with Gasteiger partial charge >= 0.3 is 6.18 Å². The summed E-state index contributed by atoms with van der Waals surface area (Å²) in [6.45, 7) is 0. The topological polar surface area (TPSA) is 46.2 Å². The summed E-state index contributed by atoms with van der Waals surface area (Å²) in [5.41, 5.74) is 7.21. The maximum absolute atomic E-state index is 11.9. The van der Waals surface area contributed by atoms with Gasteiger partial charge in [0.2, 0.25) is 0 Å². The average molecular weight is 175 g/mol. The van der Waals surface area contributed by atoms with Crippen molar-refractivity contribution in [2.24, 2.45) is 5.73 Å². The highest BCUT2D eigenvalue weighted by Crippen LogP contribution is 2.27. The van der Waals surface area contributed by atoms with Crippen LogP contribution in [0, 0.1) is 0 Å². The second kappa shape index (κ2) is 2.48. The lowest BCUT2D eigenvalue weighted by Crippen LogP contribution is -2.13. The number of hydrogen-bond acceptors (Lipinski definition) is 2. The number of aliphatic hydroxyl groups is 1. The summed E-state index contributed by atoms with van der Waals surface area (Å²) < 4.78 is 35.7. The Labute approximate surface area is 65.8 Å². The van der Waals surface area contributed by atoms with Gasteiger partial charge in [-0.25, -0.2) is 0 Å². The van der Waals surface area contributed by atoms with Crippen molar-refractivity contribution in [3.63, 3.8) is 0 Å². The molecule has 64 valence electrons. The van der Waals surface area contributed by atoms with E-state index in [-0.39, 0.29) is 5.70 Å². The molecular formula is C7H4F3NO. The van der Waals surface area contributed by atoms with E-state index in [0.717, 1.165) is 0 Å². The zero-order chi connectivity index (χ0) is 9.35. The zero-order valence-electron chi connectivity index (χ0n) is 5.74. The Kier molecular flexibility index (Phi) is 1.76. The molecule has 1 aliphatic carbocycles. The first-order valence-electron chi connectivity index (χ1n) is 2.91. The highest BCUT2D eigenvalue weighted by molar-refractivity contribution is 5.37. The molecule has 0 saturated carbocycles. The summed E-state index contributed by atoms with van der Waals surface area (Å²) >= 11 is 0. The van der Waals surface area contributed by atoms with E-state index in [1.54, 1.807) is 5.73 Å². The van der Waals surface area contributed by atoms with E-state index in [1.165, 1.54) is 0 Å². The Bertz CT molecular complexity index is 338. The Hall–Kier alpha value is -1.57. The van der Waals surface area contributed by atoms with E-state index in [2.05, 4.69) is 0 Å². The lowest BCUT2D eigenvalue weighted by atomic mass is 10.1. The zero-order valence-corrected chi connectivity index (χ0v) is 5.74. The standard InChI is InChI=1S/C7H4F3NO/c8-7(9,10)4-1-2-6(12)5(11)3-4/h3,12H,11H2. The van der Waals surface area contributed by atoms with Crippen LogP contribution in [0.4, 0.5) is 13.2 Å². The van der Waals surface area contributed by atoms with E-state index < -0.39 is 17.5 Å². The number of aliphatic hydroxyl groups excluding tert-OH is 1. The fraction of sp³-hybridized carbons (Fsp3) is 0.143. The molecule has 0 unspecified atom stereocenters. The quantitative estimate of drug-likeness (QED) is 0.548. The number of rotatable bonds is 0. The summed E-state index contributed by atoms with van der Waals surface area (Å²) in [7, 11) is 0. The van der Waals surface area contributed by atoms with Gasteiger partial charge in [0.05, 0.1) is 5.70 Å². The SMILES string of the molecule is NC1=CC(C(F)(F)F)=C=C=C1O. The summed E-state index contributed by atoms with van der Waals surface area (Å²) in [4.78, 5) is 0. The summed E-state index contributed by atoms with van der Waals surface area (Å²) in [6, 6.07) is 0. The highest BCUT2D eigenvalue weighted by Gasteiger charge is 2.33. The second-order valence-electron chi connectivity index (χ2n) is 2.11. The minimum absolute atomic E-state index is 0.360. The van der Waals surface area contributed by atoms with Crippen LogP contribution < -0.4 is 5.73 Å². The van der Waals surface area contributed by atoms with Crippen LogP contribution in [-0.2, 0) is 0 Å². The van der Waals surface area contributed by atoms with Crippen molar-refractivity contribution >= 4 is 0 Å². The molecule has 0 fully saturated rings. The van der Waals surface area contributed by atoms with Crippen molar-refractivity contribution in [2.75, 3.05) is 0 Å². The number of halogens is 3. The van der Waals surface area contributed by atoms with Gasteiger partial charge in [0, 0.05) is 0 Å². The molecule has 1 aliphatic rings. The number of alkyl halides is 3. The van der Waals surface area contributed by atoms with Crippen molar-refractivity contribution < 1.29 is 18.3 Å². The first-order chi connectivity index (χ1) is 5.41. The summed E-state index contributed by atoms with van der Waals surface area (Å²) in [5, 5.41) is 8.73. The van der Waals surface area contributed by atoms with Crippen molar-refractivity contribution in [3.05, 3.63) is 34.6 Å². The molecular weight excluding hydrogens is 171 g/mol. The largest absolute Gasteiger partial charge is 0.499 e. The third-order valence-electron chi connectivity index (χ3n) is 1.19. The summed E-state index contributed by atoms with van der Waals surface area (Å²) in [6.07, 6.45) is -3.90. The molecule has 1 rings (SSSR count). The molecule has 0 radical (unpaired) electrons. The highest BCUT2D eigenvalue weighted by atomic mass is 19.4. The molecule has 0 saturated heterocycles. The van der Waals surface area contributed by atoms with E-state index in [9.17, 15) is 13.2 Å². The van der Waals surface area contributed by atoms with Crippen LogP contribution in [0.15, 0.2) is 34.6 Å². The molecule has 0 aliphatic heterocycles. The van der Waals surface area contributed by atoms with Crippen LogP contribution in [0.2, 0.25) is 0 Å². The molecule has 0 heterocycles. The molecule has 0 amide bonds. The molecule has 0 aromatic heterocycles. The van der Waals surface area contributed by atoms with Crippen molar-refractivity contribution in [1.82, 2.24) is 0 Å². The first-order valence-corrected chi connectivity index (χ1v) is 2.91. The van der Waals surface area contributed by atoms with Crippen LogP contribution in [-0.4, -0.2) is 11.3 Å². The van der Waals surface area contributed by atoms with E-state index >= 15 is 0 Å². The number of hydrogen-bond donors (Lipinski definition) is 2. The van der Waals surface area contributed by atoms with Crippen LogP contribution in [0.25, 0.3) is 0 Å². The van der Waals surface area contributed by atoms with Gasteiger partial charge in [-0.1, -0.05) is 5.73 Å². The van der Waals surface area contributed by atoms with Gasteiger partial charge in [-0.3, -0.25) is 0 Å². The lowest BCUT2D eigenvalue weighted by Gasteiger charge is -2.07. The van der Waals surface area contributed by atoms with Crippen LogP contribution in [0.1, 0.15) is 0 Å². The third-order valence-corrected chi connectivity index (χ3v) is 1.19. The van der Waals surface area contributed by atoms with Gasteiger partial charge in [0.25, 0.3) is 0 Å². The molecule has 2 nitrogen and oxygen atoms in total. The van der Waals surface area contributed by atoms with Gasteiger partial charge in [-0.2, -0.15) is 13.2 Å². The van der Waals surface area contributed by atoms with E-state index in [4.69, 9.17) is 10.8 Å². The molecule has 0 bridgehead atoms. The van der Waals surface area contributed by atoms with E-state index in [0.29, 0.717) is 6.08 Å². The Morgan fingerprint density at radius 1 is 1.33 bits per heavy atom. The third kappa shape index (κ3) is 1.53. The van der Waals surface area contributed by atoms with Gasteiger partial charge < -0.3 is 10.8 Å². The Morgan fingerprint density at radius 2 is 1.92 bits per heavy atom. The minimum Gasteiger partial charge on any atom is -0.499 e. The van der Waals surface area contributed by atoms with Crippen LogP contribution >= 0.6 is 0 Å².